The van der Waals surface area contributed by atoms with E-state index in [1.165, 1.54) is 11.3 Å². The molecule has 4 rings (SSSR count). The van der Waals surface area contributed by atoms with E-state index in [9.17, 15) is 13.6 Å². The van der Waals surface area contributed by atoms with Gasteiger partial charge < -0.3 is 0 Å². The fourth-order valence-corrected chi connectivity index (χ4v) is 3.21. The molecule has 2 aromatic heterocycles. The van der Waals surface area contributed by atoms with E-state index in [1.807, 2.05) is 35.7 Å². The lowest BCUT2D eigenvalue weighted by molar-refractivity contribution is 0.102. The molecule has 0 aliphatic rings. The minimum absolute atomic E-state index is 0.0256. The minimum atomic E-state index is -0.815. The summed E-state index contributed by atoms with van der Waals surface area (Å²) in [6, 6.07) is 12.3. The molecule has 0 spiro atoms. The third kappa shape index (κ3) is 2.87. The Morgan fingerprint density at radius 1 is 1.12 bits per heavy atom. The maximum atomic E-state index is 13.7. The number of rotatable bonds is 3. The van der Waals surface area contributed by atoms with Gasteiger partial charge in [-0.1, -0.05) is 30.3 Å². The Hall–Kier alpha value is -3.13. The van der Waals surface area contributed by atoms with Crippen LogP contribution in [0.2, 0.25) is 0 Å². The van der Waals surface area contributed by atoms with Crippen molar-refractivity contribution in [1.29, 1.82) is 0 Å². The zero-order valence-electron chi connectivity index (χ0n) is 12.6. The fourth-order valence-electron chi connectivity index (χ4n) is 2.38. The maximum absolute atomic E-state index is 13.7. The molecule has 124 valence electrons. The molecule has 5 nitrogen and oxygen atoms in total. The van der Waals surface area contributed by atoms with E-state index in [1.54, 1.807) is 4.52 Å². The number of amides is 1. The highest BCUT2D eigenvalue weighted by molar-refractivity contribution is 7.15. The van der Waals surface area contributed by atoms with Crippen molar-refractivity contribution >= 4 is 28.2 Å². The Bertz CT molecular complexity index is 1070. The van der Waals surface area contributed by atoms with Gasteiger partial charge in [-0.15, -0.1) is 16.4 Å². The molecular weight excluding hydrogens is 346 g/mol. The van der Waals surface area contributed by atoms with Crippen LogP contribution >= 0.6 is 11.3 Å². The molecule has 0 radical (unpaired) electrons. The highest BCUT2D eigenvalue weighted by atomic mass is 32.1. The van der Waals surface area contributed by atoms with E-state index in [4.69, 9.17) is 0 Å². The van der Waals surface area contributed by atoms with Gasteiger partial charge >= 0.3 is 0 Å². The number of nitrogens with one attached hydrogen (secondary N) is 1. The van der Waals surface area contributed by atoms with Crippen LogP contribution in [-0.2, 0) is 0 Å². The Morgan fingerprint density at radius 3 is 2.72 bits per heavy atom. The van der Waals surface area contributed by atoms with Crippen LogP contribution in [0, 0.1) is 11.6 Å². The molecule has 0 atom stereocenters. The summed E-state index contributed by atoms with van der Waals surface area (Å²) in [5, 5.41) is 8.54. The Kier molecular flexibility index (Phi) is 3.73. The molecule has 2 heterocycles. The molecule has 0 fully saturated rings. The van der Waals surface area contributed by atoms with E-state index < -0.39 is 23.1 Å². The van der Waals surface area contributed by atoms with Crippen molar-refractivity contribution in [1.82, 2.24) is 14.6 Å². The molecule has 25 heavy (non-hydrogen) atoms. The standard InChI is InChI=1S/C17H10F2N4OS/c18-11-6-7-13(19)12(8-11)15(24)20-16-21-17-23(22-16)14(9-25-17)10-4-2-1-3-5-10/h1-9H,(H,20,22,24). The Balaban J connectivity index is 1.66. The molecule has 0 bridgehead atoms. The number of carbonyl (C=O) groups excluding carboxylic acids is 1. The number of carbonyl (C=O) groups is 1. The van der Waals surface area contributed by atoms with E-state index in [0.717, 1.165) is 29.5 Å². The van der Waals surface area contributed by atoms with Gasteiger partial charge in [0.1, 0.15) is 11.6 Å². The topological polar surface area (TPSA) is 59.3 Å². The summed E-state index contributed by atoms with van der Waals surface area (Å²) >= 11 is 1.36. The summed E-state index contributed by atoms with van der Waals surface area (Å²) in [5.41, 5.74) is 1.37. The van der Waals surface area contributed by atoms with E-state index in [-0.39, 0.29) is 5.95 Å². The predicted molar refractivity (Wildman–Crippen MR) is 90.6 cm³/mol. The van der Waals surface area contributed by atoms with Crippen LogP contribution in [0.3, 0.4) is 0 Å². The van der Waals surface area contributed by atoms with Gasteiger partial charge in [-0.25, -0.2) is 13.3 Å². The van der Waals surface area contributed by atoms with Gasteiger partial charge in [-0.2, -0.15) is 4.98 Å². The van der Waals surface area contributed by atoms with Gasteiger partial charge in [-0.3, -0.25) is 10.1 Å². The summed E-state index contributed by atoms with van der Waals surface area (Å²) in [5.74, 6) is -2.30. The van der Waals surface area contributed by atoms with Gasteiger partial charge in [0.15, 0.2) is 0 Å². The van der Waals surface area contributed by atoms with Crippen molar-refractivity contribution in [3.8, 4) is 11.3 Å². The van der Waals surface area contributed by atoms with Crippen LogP contribution in [0.15, 0.2) is 53.9 Å². The lowest BCUT2D eigenvalue weighted by Crippen LogP contribution is -2.15. The molecule has 0 saturated carbocycles. The average Bonchev–Trinajstić information content (AvgIpc) is 3.17. The van der Waals surface area contributed by atoms with Gasteiger partial charge in [0.25, 0.3) is 11.9 Å². The zero-order valence-corrected chi connectivity index (χ0v) is 13.4. The zero-order chi connectivity index (χ0) is 17.4. The van der Waals surface area contributed by atoms with Gasteiger partial charge in [-0.05, 0) is 18.2 Å². The summed E-state index contributed by atoms with van der Waals surface area (Å²) in [7, 11) is 0. The first kappa shape index (κ1) is 15.4. The van der Waals surface area contributed by atoms with Gasteiger partial charge in [0.05, 0.1) is 11.3 Å². The third-order valence-corrected chi connectivity index (χ3v) is 4.37. The predicted octanol–water partition coefficient (Wildman–Crippen LogP) is 3.99. The van der Waals surface area contributed by atoms with Crippen LogP contribution in [0.4, 0.5) is 14.7 Å². The number of thiazole rings is 1. The number of nitrogens with zero attached hydrogens (tertiary/aromatic N) is 3. The highest BCUT2D eigenvalue weighted by Gasteiger charge is 2.17. The SMILES string of the molecule is O=C(Nc1nc2scc(-c3ccccc3)n2n1)c1cc(F)ccc1F. The first-order chi connectivity index (χ1) is 12.1. The third-order valence-electron chi connectivity index (χ3n) is 3.55. The average molecular weight is 356 g/mol. The molecule has 8 heteroatoms. The Labute approximate surface area is 144 Å². The quantitative estimate of drug-likeness (QED) is 0.604. The molecule has 1 N–H and O–H groups in total. The highest BCUT2D eigenvalue weighted by Crippen LogP contribution is 2.25. The number of hydrogen-bond donors (Lipinski definition) is 1. The molecule has 0 aliphatic carbocycles. The molecule has 0 unspecified atom stereocenters. The first-order valence-electron chi connectivity index (χ1n) is 7.28. The molecule has 4 aromatic rings. The normalized spacial score (nSPS) is 11.0. The van der Waals surface area contributed by atoms with Crippen molar-refractivity contribution in [2.75, 3.05) is 5.32 Å². The van der Waals surface area contributed by atoms with Crippen LogP contribution in [0.25, 0.3) is 16.2 Å². The van der Waals surface area contributed by atoms with Crippen molar-refractivity contribution in [3.63, 3.8) is 0 Å². The summed E-state index contributed by atoms with van der Waals surface area (Å²) in [6.45, 7) is 0. The largest absolute Gasteiger partial charge is 0.289 e. The monoisotopic (exact) mass is 356 g/mol. The maximum Gasteiger partial charge on any atom is 0.261 e. The summed E-state index contributed by atoms with van der Waals surface area (Å²) in [4.78, 5) is 16.9. The van der Waals surface area contributed by atoms with Gasteiger partial charge in [0, 0.05) is 10.9 Å². The number of hydrogen-bond acceptors (Lipinski definition) is 4. The lowest BCUT2D eigenvalue weighted by atomic mass is 10.2. The number of halogens is 2. The Morgan fingerprint density at radius 2 is 1.92 bits per heavy atom. The van der Waals surface area contributed by atoms with E-state index in [0.29, 0.717) is 4.96 Å². The number of benzene rings is 2. The molecule has 0 saturated heterocycles. The van der Waals surface area contributed by atoms with Crippen molar-refractivity contribution in [3.05, 3.63) is 71.1 Å². The molecular formula is C17H10F2N4OS. The van der Waals surface area contributed by atoms with E-state index >= 15 is 0 Å². The summed E-state index contributed by atoms with van der Waals surface area (Å²) in [6.07, 6.45) is 0. The second-order valence-corrected chi connectivity index (χ2v) is 6.03. The first-order valence-corrected chi connectivity index (χ1v) is 8.16. The number of fused-ring (bicyclic) bond motifs is 1. The second kappa shape index (κ2) is 6.06. The van der Waals surface area contributed by atoms with Gasteiger partial charge in [0.2, 0.25) is 4.96 Å². The molecule has 0 aliphatic heterocycles. The number of aromatic nitrogens is 3. The number of anilines is 1. The minimum Gasteiger partial charge on any atom is -0.289 e. The smallest absolute Gasteiger partial charge is 0.261 e. The van der Waals surface area contributed by atoms with Crippen molar-refractivity contribution in [2.45, 2.75) is 0 Å². The lowest BCUT2D eigenvalue weighted by Gasteiger charge is -2.02. The molecule has 1 amide bonds. The van der Waals surface area contributed by atoms with E-state index in [2.05, 4.69) is 15.4 Å². The fraction of sp³-hybridized carbons (Fsp3) is 0. The van der Waals surface area contributed by atoms with Crippen LogP contribution in [0.5, 0.6) is 0 Å². The van der Waals surface area contributed by atoms with Crippen LogP contribution in [0.1, 0.15) is 10.4 Å². The van der Waals surface area contributed by atoms with Crippen LogP contribution in [-0.4, -0.2) is 20.5 Å². The second-order valence-electron chi connectivity index (χ2n) is 5.20. The molecule has 2 aromatic carbocycles. The summed E-state index contributed by atoms with van der Waals surface area (Å²) < 4.78 is 28.5. The van der Waals surface area contributed by atoms with Crippen LogP contribution < -0.4 is 5.32 Å². The van der Waals surface area contributed by atoms with Crippen molar-refractivity contribution in [2.24, 2.45) is 0 Å². The van der Waals surface area contributed by atoms with Crippen molar-refractivity contribution < 1.29 is 13.6 Å².